The monoisotopic (exact) mass is 616 g/mol. The highest BCUT2D eigenvalue weighted by molar-refractivity contribution is 6.32. The molecule has 0 bridgehead atoms. The van der Waals surface area contributed by atoms with Crippen molar-refractivity contribution in [1.82, 2.24) is 0 Å². The van der Waals surface area contributed by atoms with Gasteiger partial charge in [-0.1, -0.05) is 47.5 Å². The van der Waals surface area contributed by atoms with Crippen LogP contribution in [0.2, 0.25) is 10.0 Å². The van der Waals surface area contributed by atoms with Crippen molar-refractivity contribution in [2.45, 2.75) is 19.4 Å². The van der Waals surface area contributed by atoms with Gasteiger partial charge in [0.1, 0.15) is 35.5 Å². The van der Waals surface area contributed by atoms with E-state index in [-0.39, 0.29) is 27.8 Å². The molecule has 0 radical (unpaired) electrons. The molecule has 4 aromatic rings. The van der Waals surface area contributed by atoms with Crippen LogP contribution in [0.4, 0.5) is 0 Å². The molecule has 0 aliphatic carbocycles. The number of nitrogens with zero attached hydrogens (tertiary/aromatic N) is 1. The summed E-state index contributed by atoms with van der Waals surface area (Å²) in [6.45, 7) is 2.60. The zero-order chi connectivity index (χ0) is 30.5. The molecular weight excluding hydrogens is 591 g/mol. The van der Waals surface area contributed by atoms with Crippen LogP contribution in [-0.4, -0.2) is 19.7 Å². The fourth-order valence-electron chi connectivity index (χ4n) is 4.63. The lowest BCUT2D eigenvalue weighted by atomic mass is 9.83. The summed E-state index contributed by atoms with van der Waals surface area (Å²) >= 11 is 12.2. The number of esters is 1. The summed E-state index contributed by atoms with van der Waals surface area (Å²) in [6.07, 6.45) is 0. The SMILES string of the molecule is CCOc1cc(C2C(C#N)=C(N)Oc3cc(OC(=O)c4ccc(OC)c(Cl)c4)ccc32)ccc1OCc1ccc(Cl)cc1. The second-order valence-corrected chi connectivity index (χ2v) is 10.3. The first-order valence-corrected chi connectivity index (χ1v) is 14.0. The van der Waals surface area contributed by atoms with Gasteiger partial charge in [-0.3, -0.25) is 0 Å². The molecule has 1 aliphatic heterocycles. The van der Waals surface area contributed by atoms with Crippen LogP contribution in [0.5, 0.6) is 28.7 Å². The number of fused-ring (bicyclic) bond motifs is 1. The molecule has 8 nitrogen and oxygen atoms in total. The van der Waals surface area contributed by atoms with E-state index in [1.165, 1.54) is 13.2 Å². The number of nitrogens with two attached hydrogens (primary N) is 1. The molecular formula is C33H26Cl2N2O6. The summed E-state index contributed by atoms with van der Waals surface area (Å²) in [5, 5.41) is 10.9. The Hall–Kier alpha value is -4.84. The van der Waals surface area contributed by atoms with Gasteiger partial charge in [0.25, 0.3) is 0 Å². The Morgan fingerprint density at radius 3 is 2.42 bits per heavy atom. The van der Waals surface area contributed by atoms with Gasteiger partial charge in [0.2, 0.25) is 5.88 Å². The maximum atomic E-state index is 12.8. The molecule has 1 heterocycles. The van der Waals surface area contributed by atoms with E-state index in [2.05, 4.69) is 6.07 Å². The molecule has 0 saturated carbocycles. The highest BCUT2D eigenvalue weighted by Gasteiger charge is 2.32. The molecule has 4 aromatic carbocycles. The van der Waals surface area contributed by atoms with E-state index in [4.69, 9.17) is 52.6 Å². The van der Waals surface area contributed by atoms with Gasteiger partial charge in [0.15, 0.2) is 11.5 Å². The van der Waals surface area contributed by atoms with E-state index in [1.807, 2.05) is 31.2 Å². The van der Waals surface area contributed by atoms with Gasteiger partial charge in [0, 0.05) is 16.7 Å². The number of rotatable bonds is 9. The fourth-order valence-corrected chi connectivity index (χ4v) is 5.02. The van der Waals surface area contributed by atoms with Crippen LogP contribution in [0.15, 0.2) is 90.3 Å². The van der Waals surface area contributed by atoms with Crippen LogP contribution in [0.3, 0.4) is 0 Å². The van der Waals surface area contributed by atoms with Crippen molar-refractivity contribution in [1.29, 1.82) is 5.26 Å². The number of carbonyl (C=O) groups excluding carboxylic acids is 1. The third kappa shape index (κ3) is 6.49. The Morgan fingerprint density at radius 1 is 0.953 bits per heavy atom. The highest BCUT2D eigenvalue weighted by atomic mass is 35.5. The van der Waals surface area contributed by atoms with Crippen molar-refractivity contribution in [2.75, 3.05) is 13.7 Å². The number of hydrogen-bond acceptors (Lipinski definition) is 8. The zero-order valence-electron chi connectivity index (χ0n) is 23.2. The quantitative estimate of drug-likeness (QED) is 0.153. The zero-order valence-corrected chi connectivity index (χ0v) is 24.7. The van der Waals surface area contributed by atoms with Crippen LogP contribution in [0.25, 0.3) is 0 Å². The smallest absolute Gasteiger partial charge is 0.343 e. The normalized spacial score (nSPS) is 13.8. The fraction of sp³-hybridized carbons (Fsp3) is 0.152. The molecule has 1 aliphatic rings. The van der Waals surface area contributed by atoms with Gasteiger partial charge in [-0.15, -0.1) is 0 Å². The highest BCUT2D eigenvalue weighted by Crippen LogP contribution is 2.45. The molecule has 0 spiro atoms. The van der Waals surface area contributed by atoms with Gasteiger partial charge >= 0.3 is 5.97 Å². The Kier molecular flexibility index (Phi) is 8.96. The van der Waals surface area contributed by atoms with Gasteiger partial charge in [-0.05, 0) is 66.6 Å². The molecule has 1 atom stereocenters. The lowest BCUT2D eigenvalue weighted by Gasteiger charge is -2.27. The number of methoxy groups -OCH3 is 1. The van der Waals surface area contributed by atoms with E-state index in [0.29, 0.717) is 46.8 Å². The van der Waals surface area contributed by atoms with Crippen LogP contribution in [0.1, 0.15) is 39.9 Å². The van der Waals surface area contributed by atoms with E-state index < -0.39 is 11.9 Å². The Balaban J connectivity index is 1.43. The second-order valence-electron chi connectivity index (χ2n) is 9.42. The Morgan fingerprint density at radius 2 is 1.72 bits per heavy atom. The van der Waals surface area contributed by atoms with Crippen molar-refractivity contribution in [3.8, 4) is 34.8 Å². The van der Waals surface area contributed by atoms with Crippen molar-refractivity contribution < 1.29 is 28.5 Å². The Bertz CT molecular complexity index is 1750. The summed E-state index contributed by atoms with van der Waals surface area (Å²) in [6, 6.07) is 24.6. The largest absolute Gasteiger partial charge is 0.495 e. The predicted molar refractivity (Wildman–Crippen MR) is 162 cm³/mol. The number of ether oxygens (including phenoxy) is 5. The van der Waals surface area contributed by atoms with Gasteiger partial charge < -0.3 is 29.4 Å². The lowest BCUT2D eigenvalue weighted by Crippen LogP contribution is -2.21. The first kappa shape index (κ1) is 29.6. The first-order chi connectivity index (χ1) is 20.8. The van der Waals surface area contributed by atoms with Crippen molar-refractivity contribution >= 4 is 29.2 Å². The van der Waals surface area contributed by atoms with Crippen molar-refractivity contribution in [3.05, 3.63) is 123 Å². The predicted octanol–water partition coefficient (Wildman–Crippen LogP) is 7.42. The molecule has 2 N–H and O–H groups in total. The minimum absolute atomic E-state index is 0.0496. The number of hydrogen-bond donors (Lipinski definition) is 1. The standard InChI is InChI=1S/C33H26Cl2N2O6/c1-3-40-30-15-20(6-13-28(30)41-18-19-4-8-22(34)9-5-19)31-24-11-10-23(16-29(24)43-32(37)25(31)17-36)42-33(38)21-7-12-27(39-2)26(35)14-21/h4-16,31H,3,18,37H2,1-2H3. The van der Waals surface area contributed by atoms with Crippen LogP contribution >= 0.6 is 23.2 Å². The molecule has 5 rings (SSSR count). The summed E-state index contributed by atoms with van der Waals surface area (Å²) in [7, 11) is 1.49. The average Bonchev–Trinajstić information content (AvgIpc) is 3.00. The van der Waals surface area contributed by atoms with Crippen LogP contribution in [0, 0.1) is 11.3 Å². The summed E-state index contributed by atoms with van der Waals surface area (Å²) in [4.78, 5) is 12.8. The number of allylic oxidation sites excluding steroid dienone is 1. The molecule has 0 fully saturated rings. The van der Waals surface area contributed by atoms with E-state index >= 15 is 0 Å². The number of nitriles is 1. The minimum atomic E-state index is -0.617. The average molecular weight is 617 g/mol. The third-order valence-corrected chi connectivity index (χ3v) is 7.24. The molecule has 218 valence electrons. The van der Waals surface area contributed by atoms with Crippen molar-refractivity contribution in [2.24, 2.45) is 5.73 Å². The summed E-state index contributed by atoms with van der Waals surface area (Å²) < 4.78 is 28.5. The molecule has 0 saturated heterocycles. The number of halogens is 2. The molecule has 0 aromatic heterocycles. The van der Waals surface area contributed by atoms with Crippen LogP contribution in [-0.2, 0) is 6.61 Å². The van der Waals surface area contributed by atoms with Crippen LogP contribution < -0.4 is 29.4 Å². The van der Waals surface area contributed by atoms with Gasteiger partial charge in [-0.25, -0.2) is 4.79 Å². The van der Waals surface area contributed by atoms with E-state index in [0.717, 1.165) is 11.1 Å². The van der Waals surface area contributed by atoms with Crippen molar-refractivity contribution in [3.63, 3.8) is 0 Å². The maximum absolute atomic E-state index is 12.8. The third-order valence-electron chi connectivity index (χ3n) is 6.70. The minimum Gasteiger partial charge on any atom is -0.495 e. The van der Waals surface area contributed by atoms with Gasteiger partial charge in [-0.2, -0.15) is 5.26 Å². The molecule has 1 unspecified atom stereocenters. The number of carbonyl (C=O) groups is 1. The maximum Gasteiger partial charge on any atom is 0.343 e. The lowest BCUT2D eigenvalue weighted by molar-refractivity contribution is 0.0734. The summed E-state index contributed by atoms with van der Waals surface area (Å²) in [5.74, 6) is 0.842. The topological polar surface area (TPSA) is 113 Å². The molecule has 0 amide bonds. The van der Waals surface area contributed by atoms with Gasteiger partial charge in [0.05, 0.1) is 30.2 Å². The first-order valence-electron chi connectivity index (χ1n) is 13.2. The Labute approximate surface area is 258 Å². The second kappa shape index (κ2) is 13.0. The summed E-state index contributed by atoms with van der Waals surface area (Å²) in [5.41, 5.74) is 9.04. The molecule has 43 heavy (non-hydrogen) atoms. The number of benzene rings is 4. The van der Waals surface area contributed by atoms with E-state index in [1.54, 1.807) is 48.5 Å². The van der Waals surface area contributed by atoms with E-state index in [9.17, 15) is 10.1 Å². The molecule has 10 heteroatoms.